The van der Waals surface area contributed by atoms with Crippen LogP contribution in [-0.4, -0.2) is 26.5 Å². The number of carbonyl (C=O) groups is 1. The van der Waals surface area contributed by atoms with Gasteiger partial charge < -0.3 is 10.3 Å². The van der Waals surface area contributed by atoms with Crippen LogP contribution in [-0.2, 0) is 4.79 Å². The zero-order valence-corrected chi connectivity index (χ0v) is 14.9. The monoisotopic (exact) mass is 366 g/mol. The van der Waals surface area contributed by atoms with E-state index in [1.54, 1.807) is 18.5 Å². The largest absolute Gasteiger partial charge is 0.343 e. The van der Waals surface area contributed by atoms with E-state index in [0.29, 0.717) is 34.3 Å². The van der Waals surface area contributed by atoms with Gasteiger partial charge in [-0.2, -0.15) is 0 Å². The smallest absolute Gasteiger partial charge is 0.257 e. The molecular formula is C19H18N4O2S. The van der Waals surface area contributed by atoms with Crippen molar-refractivity contribution in [1.82, 2.24) is 15.0 Å². The van der Waals surface area contributed by atoms with Crippen LogP contribution in [0.1, 0.15) is 36.3 Å². The number of hydrogen-bond donors (Lipinski definition) is 2. The molecule has 4 rings (SSSR count). The Morgan fingerprint density at radius 3 is 2.85 bits per heavy atom. The second kappa shape index (κ2) is 6.92. The second-order valence-corrected chi connectivity index (χ2v) is 7.25. The van der Waals surface area contributed by atoms with Gasteiger partial charge in [-0.25, -0.2) is 4.98 Å². The number of nitrogens with one attached hydrogen (secondary N) is 2. The molecule has 26 heavy (non-hydrogen) atoms. The number of carbonyl (C=O) groups excluding carboxylic acids is 1. The number of aromatic nitrogens is 3. The molecule has 0 aromatic carbocycles. The summed E-state index contributed by atoms with van der Waals surface area (Å²) in [5.74, 6) is 0.875. The molecule has 2 N–H and O–H groups in total. The van der Waals surface area contributed by atoms with E-state index in [1.165, 1.54) is 11.8 Å². The number of fused-ring (bicyclic) bond motifs is 1. The van der Waals surface area contributed by atoms with Gasteiger partial charge in [-0.15, -0.1) is 6.58 Å². The molecule has 0 saturated heterocycles. The van der Waals surface area contributed by atoms with Crippen LogP contribution in [0, 0.1) is 0 Å². The summed E-state index contributed by atoms with van der Waals surface area (Å²) < 4.78 is 0. The lowest BCUT2D eigenvalue weighted by atomic mass is 9.77. The number of anilines is 1. The third kappa shape index (κ3) is 2.88. The summed E-state index contributed by atoms with van der Waals surface area (Å²) in [5.41, 5.74) is 2.72. The Bertz CT molecular complexity index is 965. The zero-order valence-electron chi connectivity index (χ0n) is 14.1. The van der Waals surface area contributed by atoms with Crippen molar-refractivity contribution in [2.75, 3.05) is 11.1 Å². The van der Waals surface area contributed by atoms with Crippen LogP contribution in [0.2, 0.25) is 0 Å². The first-order valence-electron chi connectivity index (χ1n) is 8.50. The number of H-pyrrole nitrogens is 1. The molecule has 132 valence electrons. The summed E-state index contributed by atoms with van der Waals surface area (Å²) >= 11 is 1.42. The van der Waals surface area contributed by atoms with Crippen molar-refractivity contribution < 1.29 is 4.79 Å². The van der Waals surface area contributed by atoms with E-state index in [9.17, 15) is 9.59 Å². The molecule has 6 nitrogen and oxygen atoms in total. The van der Waals surface area contributed by atoms with Crippen molar-refractivity contribution in [3.63, 3.8) is 0 Å². The predicted molar refractivity (Wildman–Crippen MR) is 101 cm³/mol. The van der Waals surface area contributed by atoms with Crippen LogP contribution in [0.25, 0.3) is 0 Å². The van der Waals surface area contributed by atoms with Gasteiger partial charge in [0.25, 0.3) is 5.56 Å². The van der Waals surface area contributed by atoms with Crippen molar-refractivity contribution in [2.24, 2.45) is 0 Å². The molecular weight excluding hydrogens is 348 g/mol. The van der Waals surface area contributed by atoms with E-state index in [0.717, 1.165) is 24.1 Å². The molecule has 0 bridgehead atoms. The second-order valence-electron chi connectivity index (χ2n) is 6.24. The van der Waals surface area contributed by atoms with Gasteiger partial charge in [0.1, 0.15) is 5.82 Å². The molecule has 3 heterocycles. The Kier molecular flexibility index (Phi) is 4.46. The van der Waals surface area contributed by atoms with Crippen LogP contribution in [0.5, 0.6) is 0 Å². The SMILES string of the molecule is C=CCSc1nc2c(c(=O)[nH]1)C(c1ccncc1)C1=C(CCCC1=O)N2. The topological polar surface area (TPSA) is 87.7 Å². The number of pyridine rings is 1. The van der Waals surface area contributed by atoms with E-state index in [2.05, 4.69) is 26.8 Å². The summed E-state index contributed by atoms with van der Waals surface area (Å²) in [7, 11) is 0. The molecule has 0 spiro atoms. The molecule has 1 aliphatic heterocycles. The van der Waals surface area contributed by atoms with Crippen molar-refractivity contribution >= 4 is 23.4 Å². The number of allylic oxidation sites excluding steroid dienone is 2. The van der Waals surface area contributed by atoms with E-state index >= 15 is 0 Å². The molecule has 1 atom stereocenters. The molecule has 0 saturated carbocycles. The maximum Gasteiger partial charge on any atom is 0.257 e. The summed E-state index contributed by atoms with van der Waals surface area (Å²) in [6.45, 7) is 3.69. The Hall–Kier alpha value is -2.67. The maximum absolute atomic E-state index is 12.9. The van der Waals surface area contributed by atoms with Crippen molar-refractivity contribution in [3.05, 3.63) is 69.9 Å². The van der Waals surface area contributed by atoms with E-state index in [-0.39, 0.29) is 11.3 Å². The van der Waals surface area contributed by atoms with E-state index in [4.69, 9.17) is 0 Å². The molecule has 0 amide bonds. The van der Waals surface area contributed by atoms with Gasteiger partial charge in [-0.05, 0) is 30.5 Å². The third-order valence-electron chi connectivity index (χ3n) is 4.61. The van der Waals surface area contributed by atoms with Gasteiger partial charge in [-0.1, -0.05) is 17.8 Å². The average Bonchev–Trinajstić information content (AvgIpc) is 2.65. The van der Waals surface area contributed by atoms with Crippen LogP contribution >= 0.6 is 11.8 Å². The fourth-order valence-corrected chi connectivity index (χ4v) is 4.13. The van der Waals surface area contributed by atoms with Crippen molar-refractivity contribution in [3.8, 4) is 0 Å². The number of ketones is 1. The fourth-order valence-electron chi connectivity index (χ4n) is 3.54. The molecule has 1 aliphatic carbocycles. The average molecular weight is 366 g/mol. The minimum Gasteiger partial charge on any atom is -0.343 e. The third-order valence-corrected chi connectivity index (χ3v) is 5.48. The highest BCUT2D eigenvalue weighted by Crippen LogP contribution is 2.43. The molecule has 2 aromatic heterocycles. The van der Waals surface area contributed by atoms with Crippen LogP contribution < -0.4 is 10.9 Å². The minimum absolute atomic E-state index is 0.0933. The van der Waals surface area contributed by atoms with Gasteiger partial charge in [0.05, 0.1) is 5.56 Å². The molecule has 2 aliphatic rings. The molecule has 0 radical (unpaired) electrons. The number of aromatic amines is 1. The Morgan fingerprint density at radius 2 is 2.08 bits per heavy atom. The van der Waals surface area contributed by atoms with Crippen LogP contribution in [0.15, 0.2) is 58.4 Å². The van der Waals surface area contributed by atoms with Gasteiger partial charge in [0.2, 0.25) is 0 Å². The van der Waals surface area contributed by atoms with Crippen LogP contribution in [0.3, 0.4) is 0 Å². The first kappa shape index (κ1) is 16.8. The summed E-state index contributed by atoms with van der Waals surface area (Å²) in [6.07, 6.45) is 7.23. The van der Waals surface area contributed by atoms with E-state index < -0.39 is 5.92 Å². The van der Waals surface area contributed by atoms with Gasteiger partial charge >= 0.3 is 0 Å². The first-order chi connectivity index (χ1) is 12.7. The highest BCUT2D eigenvalue weighted by atomic mass is 32.2. The quantitative estimate of drug-likeness (QED) is 0.491. The summed E-state index contributed by atoms with van der Waals surface area (Å²) in [4.78, 5) is 37.1. The van der Waals surface area contributed by atoms with Gasteiger partial charge in [0.15, 0.2) is 10.9 Å². The normalized spacial score (nSPS) is 18.8. The fraction of sp³-hybridized carbons (Fsp3) is 0.263. The van der Waals surface area contributed by atoms with Gasteiger partial charge in [0, 0.05) is 41.8 Å². The Labute approximate surface area is 154 Å². The highest BCUT2D eigenvalue weighted by Gasteiger charge is 2.37. The Morgan fingerprint density at radius 1 is 1.27 bits per heavy atom. The predicted octanol–water partition coefficient (Wildman–Crippen LogP) is 3.01. The standard InChI is InChI=1S/C19H18N4O2S/c1-2-10-26-19-22-17-16(18(25)23-19)14(11-6-8-20-9-7-11)15-12(21-17)4-3-5-13(15)24/h2,6-9,14H,1,3-5,10H2,(H2,21,22,23,25). The first-order valence-corrected chi connectivity index (χ1v) is 9.48. The lowest BCUT2D eigenvalue weighted by Gasteiger charge is -2.32. The number of rotatable bonds is 4. The molecule has 2 aromatic rings. The lowest BCUT2D eigenvalue weighted by Crippen LogP contribution is -2.32. The molecule has 0 fully saturated rings. The maximum atomic E-state index is 12.9. The number of hydrogen-bond acceptors (Lipinski definition) is 6. The minimum atomic E-state index is -0.410. The van der Waals surface area contributed by atoms with E-state index in [1.807, 2.05) is 12.1 Å². The van der Waals surface area contributed by atoms with Crippen molar-refractivity contribution in [2.45, 2.75) is 30.3 Å². The Balaban J connectivity index is 1.91. The zero-order chi connectivity index (χ0) is 18.1. The summed E-state index contributed by atoms with van der Waals surface area (Å²) in [5, 5.41) is 3.80. The number of nitrogens with zero attached hydrogens (tertiary/aromatic N) is 2. The summed E-state index contributed by atoms with van der Waals surface area (Å²) in [6, 6.07) is 3.71. The number of Topliss-reactive ketones (excluding diaryl/α,β-unsaturated/α-hetero) is 1. The molecule has 7 heteroatoms. The van der Waals surface area contributed by atoms with Crippen molar-refractivity contribution in [1.29, 1.82) is 0 Å². The molecule has 1 unspecified atom stereocenters. The van der Waals surface area contributed by atoms with Crippen LogP contribution in [0.4, 0.5) is 5.82 Å². The van der Waals surface area contributed by atoms with Gasteiger partial charge in [-0.3, -0.25) is 14.6 Å². The highest BCUT2D eigenvalue weighted by molar-refractivity contribution is 7.99. The number of thioether (sulfide) groups is 1. The lowest BCUT2D eigenvalue weighted by molar-refractivity contribution is -0.116.